The van der Waals surface area contributed by atoms with Crippen LogP contribution in [0, 0.1) is 0 Å². The van der Waals surface area contributed by atoms with Crippen molar-refractivity contribution >= 4 is 103 Å². The second-order valence-electron chi connectivity index (χ2n) is 14.2. The smallest absolute Gasteiger partial charge is 0.151 e. The third kappa shape index (κ3) is 4.00. The van der Waals surface area contributed by atoms with Crippen LogP contribution < -0.4 is 9.64 Å². The number of nitrogens with zero attached hydrogens (tertiary/aromatic N) is 4. The summed E-state index contributed by atoms with van der Waals surface area (Å²) in [6, 6.07) is 61.6. The van der Waals surface area contributed by atoms with Gasteiger partial charge >= 0.3 is 0 Å². The lowest BCUT2D eigenvalue weighted by Gasteiger charge is -2.32. The van der Waals surface area contributed by atoms with Crippen molar-refractivity contribution in [2.24, 2.45) is 0 Å². The number of hydrogen-bond donors (Lipinski definition) is 0. The summed E-state index contributed by atoms with van der Waals surface area (Å²) in [4.78, 5) is 2.30. The van der Waals surface area contributed by atoms with E-state index in [4.69, 9.17) is 4.74 Å². The molecule has 0 saturated heterocycles. The van der Waals surface area contributed by atoms with Crippen molar-refractivity contribution in [3.63, 3.8) is 0 Å². The van der Waals surface area contributed by atoms with Gasteiger partial charge in [0.05, 0.1) is 80.0 Å². The standard InChI is InChI=1S/C48H28N4OS2/c1-5-17-40-32(11-1)49(33-12-2-6-18-41(33)53-40)31-25-23-29(24-26-31)30-27-38-46-39(28-30)51-35-14-4-8-20-43(35)55-45-22-10-16-37(48(45)51)52(46)36-15-9-21-44-47(36)50(38)34-13-3-7-19-42(34)54-44/h1-28H. The summed E-state index contributed by atoms with van der Waals surface area (Å²) < 4.78 is 18.9. The average molecular weight is 741 g/mol. The Bertz CT molecular complexity index is 3340. The Balaban J connectivity index is 1.17. The van der Waals surface area contributed by atoms with Gasteiger partial charge in [0.15, 0.2) is 11.5 Å². The lowest BCUT2D eigenvalue weighted by Crippen LogP contribution is -2.15. The van der Waals surface area contributed by atoms with E-state index in [9.17, 15) is 0 Å². The molecule has 3 aliphatic rings. The van der Waals surface area contributed by atoms with Gasteiger partial charge in [0.25, 0.3) is 0 Å². The SMILES string of the molecule is c1ccc2c(c1)Oc1ccccc1N2c1ccc(-c2cc3c4c(c2)n2c5ccccc5sc5cccc(c52)n-4c2cccc4sc5ccccc5n3c42)cc1. The van der Waals surface area contributed by atoms with E-state index in [1.54, 1.807) is 0 Å². The first-order valence-electron chi connectivity index (χ1n) is 18.4. The lowest BCUT2D eigenvalue weighted by molar-refractivity contribution is 0.477. The number of fused-ring (bicyclic) bond motifs is 10. The van der Waals surface area contributed by atoms with E-state index in [0.717, 1.165) is 39.7 Å². The van der Waals surface area contributed by atoms with Crippen molar-refractivity contribution in [2.45, 2.75) is 0 Å². The van der Waals surface area contributed by atoms with E-state index in [0.29, 0.717) is 0 Å². The Kier molecular flexibility index (Phi) is 5.86. The molecule has 258 valence electrons. The third-order valence-electron chi connectivity index (χ3n) is 11.2. The molecule has 0 aliphatic carbocycles. The molecule has 8 aromatic carbocycles. The molecule has 7 heteroatoms. The number of para-hydroxylation sites is 8. The van der Waals surface area contributed by atoms with Crippen LogP contribution >= 0.6 is 22.7 Å². The van der Waals surface area contributed by atoms with Crippen LogP contribution in [0.15, 0.2) is 170 Å². The zero-order chi connectivity index (χ0) is 35.8. The Morgan fingerprint density at radius 3 is 1.42 bits per heavy atom. The minimum absolute atomic E-state index is 0.850. The van der Waals surface area contributed by atoms with Crippen molar-refractivity contribution in [2.75, 3.05) is 4.90 Å². The summed E-state index contributed by atoms with van der Waals surface area (Å²) in [7, 11) is 0. The molecule has 0 spiro atoms. The highest BCUT2D eigenvalue weighted by Gasteiger charge is 2.27. The van der Waals surface area contributed by atoms with Crippen LogP contribution in [0.5, 0.6) is 11.5 Å². The summed E-state index contributed by atoms with van der Waals surface area (Å²) in [5, 5.41) is 0. The van der Waals surface area contributed by atoms with Crippen LogP contribution in [0.2, 0.25) is 0 Å². The van der Waals surface area contributed by atoms with Crippen molar-refractivity contribution < 1.29 is 4.74 Å². The number of benzene rings is 8. The van der Waals surface area contributed by atoms with E-state index in [2.05, 4.69) is 164 Å². The molecule has 13 rings (SSSR count). The number of ether oxygens (including phenoxy) is 1. The quantitative estimate of drug-likeness (QED) is 0.130. The lowest BCUT2D eigenvalue weighted by atomic mass is 10.0. The molecule has 5 heterocycles. The highest BCUT2D eigenvalue weighted by molar-refractivity contribution is 7.25. The average Bonchev–Trinajstić information content (AvgIpc) is 3.24. The fourth-order valence-electron chi connectivity index (χ4n) is 8.93. The molecule has 0 fully saturated rings. The third-order valence-corrected chi connectivity index (χ3v) is 13.4. The number of hydrogen-bond acceptors (Lipinski definition) is 4. The predicted molar refractivity (Wildman–Crippen MR) is 231 cm³/mol. The molecule has 0 N–H and O–H groups in total. The maximum absolute atomic E-state index is 6.32. The van der Waals surface area contributed by atoms with Crippen LogP contribution in [0.25, 0.3) is 79.7 Å². The van der Waals surface area contributed by atoms with E-state index >= 15 is 0 Å². The first-order valence-corrected chi connectivity index (χ1v) is 20.1. The first-order chi connectivity index (χ1) is 27.3. The highest BCUT2D eigenvalue weighted by atomic mass is 32.1. The number of anilines is 3. The Morgan fingerprint density at radius 1 is 0.382 bits per heavy atom. The first kappa shape index (κ1) is 29.6. The Morgan fingerprint density at radius 2 is 0.855 bits per heavy atom. The fraction of sp³-hybridized carbons (Fsp3) is 0. The second-order valence-corrected chi connectivity index (χ2v) is 16.3. The summed E-state index contributed by atoms with van der Waals surface area (Å²) in [6.07, 6.45) is 0. The second kappa shape index (κ2) is 10.9. The van der Waals surface area contributed by atoms with Crippen LogP contribution in [0.4, 0.5) is 17.1 Å². The van der Waals surface area contributed by atoms with Crippen molar-refractivity contribution in [1.82, 2.24) is 13.4 Å². The van der Waals surface area contributed by atoms with E-state index in [1.165, 1.54) is 68.6 Å². The van der Waals surface area contributed by atoms with E-state index in [1.807, 2.05) is 46.9 Å². The van der Waals surface area contributed by atoms with Gasteiger partial charge in [-0.2, -0.15) is 0 Å². The van der Waals surface area contributed by atoms with Gasteiger partial charge in [0, 0.05) is 5.69 Å². The summed E-state index contributed by atoms with van der Waals surface area (Å²) in [5.74, 6) is 1.70. The number of aromatic nitrogens is 3. The topological polar surface area (TPSA) is 26.2 Å². The molecule has 2 aromatic heterocycles. The van der Waals surface area contributed by atoms with Crippen molar-refractivity contribution in [3.05, 3.63) is 170 Å². The van der Waals surface area contributed by atoms with Gasteiger partial charge in [0.1, 0.15) is 0 Å². The summed E-state index contributed by atoms with van der Waals surface area (Å²) in [6.45, 7) is 0. The molecule has 5 nitrogen and oxygen atoms in total. The molecule has 0 atom stereocenters. The molecule has 0 unspecified atom stereocenters. The monoisotopic (exact) mass is 740 g/mol. The van der Waals surface area contributed by atoms with Gasteiger partial charge in [-0.05, 0) is 108 Å². The van der Waals surface area contributed by atoms with Crippen LogP contribution in [0.1, 0.15) is 0 Å². The molecule has 0 radical (unpaired) electrons. The van der Waals surface area contributed by atoms with E-state index < -0.39 is 0 Å². The van der Waals surface area contributed by atoms with Gasteiger partial charge in [-0.25, -0.2) is 0 Å². The van der Waals surface area contributed by atoms with Crippen molar-refractivity contribution in [3.8, 4) is 28.3 Å². The summed E-state index contributed by atoms with van der Waals surface area (Å²) in [5.41, 5.74) is 16.3. The molecule has 0 amide bonds. The van der Waals surface area contributed by atoms with Crippen molar-refractivity contribution in [1.29, 1.82) is 0 Å². The minimum Gasteiger partial charge on any atom is -0.453 e. The predicted octanol–water partition coefficient (Wildman–Crippen LogP) is 14.1. The maximum Gasteiger partial charge on any atom is 0.151 e. The molecule has 3 aliphatic heterocycles. The fourth-order valence-corrected chi connectivity index (χ4v) is 11.1. The van der Waals surface area contributed by atoms with E-state index in [-0.39, 0.29) is 0 Å². The zero-order valence-corrected chi connectivity index (χ0v) is 30.8. The van der Waals surface area contributed by atoms with Crippen LogP contribution in [0.3, 0.4) is 0 Å². The molecule has 0 bridgehead atoms. The number of rotatable bonds is 2. The molecule has 10 aromatic rings. The highest BCUT2D eigenvalue weighted by Crippen LogP contribution is 2.51. The van der Waals surface area contributed by atoms with Gasteiger partial charge in [-0.15, -0.1) is 22.7 Å². The van der Waals surface area contributed by atoms with Gasteiger partial charge in [0.2, 0.25) is 0 Å². The Hall–Kier alpha value is -6.80. The largest absolute Gasteiger partial charge is 0.453 e. The van der Waals surface area contributed by atoms with Crippen LogP contribution in [-0.2, 0) is 0 Å². The normalized spacial score (nSPS) is 12.8. The summed E-state index contributed by atoms with van der Waals surface area (Å²) >= 11 is 3.72. The molecular formula is C48H28N4OS2. The minimum atomic E-state index is 0.850. The Labute approximate surface area is 322 Å². The maximum atomic E-state index is 6.32. The molecular weight excluding hydrogens is 713 g/mol. The van der Waals surface area contributed by atoms with Gasteiger partial charge < -0.3 is 23.0 Å². The van der Waals surface area contributed by atoms with Crippen LogP contribution in [-0.4, -0.2) is 13.4 Å². The van der Waals surface area contributed by atoms with Gasteiger partial charge in [-0.1, -0.05) is 72.8 Å². The zero-order valence-electron chi connectivity index (χ0n) is 29.2. The molecule has 55 heavy (non-hydrogen) atoms. The molecule has 0 saturated carbocycles. The van der Waals surface area contributed by atoms with Gasteiger partial charge in [-0.3, -0.25) is 0 Å².